The lowest BCUT2D eigenvalue weighted by atomic mass is 9.82. The van der Waals surface area contributed by atoms with Gasteiger partial charge in [-0.1, -0.05) is 35.9 Å². The van der Waals surface area contributed by atoms with Crippen molar-refractivity contribution in [2.45, 2.75) is 40.5 Å². The van der Waals surface area contributed by atoms with Gasteiger partial charge in [0.2, 0.25) is 5.91 Å². The average molecular weight is 442 g/mol. The highest BCUT2D eigenvalue weighted by Crippen LogP contribution is 2.42. The van der Waals surface area contributed by atoms with Gasteiger partial charge in [-0.25, -0.2) is 4.79 Å². The van der Waals surface area contributed by atoms with E-state index in [0.717, 1.165) is 27.1 Å². The van der Waals surface area contributed by atoms with Gasteiger partial charge in [-0.15, -0.1) is 11.3 Å². The number of thiophene rings is 1. The minimum absolute atomic E-state index is 0.210. The van der Waals surface area contributed by atoms with Crippen molar-refractivity contribution in [3.05, 3.63) is 51.9 Å². The molecule has 0 bridgehead atoms. The van der Waals surface area contributed by atoms with Crippen LogP contribution in [0.3, 0.4) is 0 Å². The fourth-order valence-electron chi connectivity index (χ4n) is 3.94. The number of aliphatic carboxylic acids is 1. The van der Waals surface area contributed by atoms with E-state index in [1.165, 1.54) is 11.3 Å². The number of rotatable bonds is 6. The molecule has 2 N–H and O–H groups in total. The van der Waals surface area contributed by atoms with Gasteiger partial charge in [0, 0.05) is 10.4 Å². The SMILES string of the molecule is CCOC(=O)c1c(NC(=O)C2CC=CCC2C(=O)O)sc(C)c1-c1cc(C)ccc1C. The van der Waals surface area contributed by atoms with Gasteiger partial charge in [0.05, 0.1) is 18.4 Å². The predicted octanol–water partition coefficient (Wildman–Crippen LogP) is 5.12. The molecule has 0 fully saturated rings. The third-order valence-electron chi connectivity index (χ3n) is 5.55. The summed E-state index contributed by atoms with van der Waals surface area (Å²) in [4.78, 5) is 38.5. The van der Waals surface area contributed by atoms with E-state index in [1.807, 2.05) is 45.0 Å². The number of aryl methyl sites for hydroxylation is 3. The Morgan fingerprint density at radius 2 is 1.81 bits per heavy atom. The van der Waals surface area contributed by atoms with E-state index in [-0.39, 0.29) is 6.61 Å². The number of benzene rings is 1. The van der Waals surface area contributed by atoms with Gasteiger partial charge < -0.3 is 15.2 Å². The first kappa shape index (κ1) is 22.7. The third-order valence-corrected chi connectivity index (χ3v) is 6.57. The van der Waals surface area contributed by atoms with Crippen LogP contribution in [-0.4, -0.2) is 29.6 Å². The Morgan fingerprint density at radius 3 is 2.45 bits per heavy atom. The molecule has 3 rings (SSSR count). The number of esters is 1. The number of allylic oxidation sites excluding steroid dienone is 2. The van der Waals surface area contributed by atoms with Gasteiger partial charge in [0.15, 0.2) is 0 Å². The highest BCUT2D eigenvalue weighted by atomic mass is 32.1. The molecule has 0 saturated carbocycles. The van der Waals surface area contributed by atoms with Crippen LogP contribution in [0.15, 0.2) is 30.4 Å². The number of carbonyl (C=O) groups excluding carboxylic acids is 2. The van der Waals surface area contributed by atoms with Crippen molar-refractivity contribution in [1.82, 2.24) is 0 Å². The molecule has 164 valence electrons. The summed E-state index contributed by atoms with van der Waals surface area (Å²) in [5.41, 5.74) is 4.06. The van der Waals surface area contributed by atoms with Crippen LogP contribution in [-0.2, 0) is 14.3 Å². The molecule has 1 aliphatic carbocycles. The zero-order chi connectivity index (χ0) is 22.7. The molecule has 1 heterocycles. The second-order valence-electron chi connectivity index (χ2n) is 7.76. The lowest BCUT2D eigenvalue weighted by Crippen LogP contribution is -2.34. The molecule has 7 heteroatoms. The lowest BCUT2D eigenvalue weighted by molar-refractivity contribution is -0.146. The first-order valence-electron chi connectivity index (χ1n) is 10.3. The molecule has 6 nitrogen and oxygen atoms in total. The maximum Gasteiger partial charge on any atom is 0.341 e. The number of hydrogen-bond donors (Lipinski definition) is 2. The van der Waals surface area contributed by atoms with E-state index in [9.17, 15) is 19.5 Å². The van der Waals surface area contributed by atoms with Crippen molar-refractivity contribution in [3.8, 4) is 11.1 Å². The van der Waals surface area contributed by atoms with Crippen molar-refractivity contribution >= 4 is 34.2 Å². The lowest BCUT2D eigenvalue weighted by Gasteiger charge is -2.24. The quantitative estimate of drug-likeness (QED) is 0.479. The highest BCUT2D eigenvalue weighted by Gasteiger charge is 2.35. The fourth-order valence-corrected chi connectivity index (χ4v) is 5.00. The number of carboxylic acids is 1. The topological polar surface area (TPSA) is 92.7 Å². The Balaban J connectivity index is 2.05. The summed E-state index contributed by atoms with van der Waals surface area (Å²) in [6, 6.07) is 6.03. The predicted molar refractivity (Wildman–Crippen MR) is 122 cm³/mol. The van der Waals surface area contributed by atoms with Crippen LogP contribution in [0.5, 0.6) is 0 Å². The van der Waals surface area contributed by atoms with Crippen LogP contribution in [0.4, 0.5) is 5.00 Å². The number of ether oxygens (including phenoxy) is 1. The number of hydrogen-bond acceptors (Lipinski definition) is 5. The van der Waals surface area contributed by atoms with Crippen molar-refractivity contribution in [2.75, 3.05) is 11.9 Å². The van der Waals surface area contributed by atoms with E-state index in [4.69, 9.17) is 4.74 Å². The average Bonchev–Trinajstić information content (AvgIpc) is 3.05. The zero-order valence-corrected chi connectivity index (χ0v) is 19.0. The van der Waals surface area contributed by atoms with E-state index in [1.54, 1.807) is 13.0 Å². The van der Waals surface area contributed by atoms with Crippen molar-refractivity contribution in [1.29, 1.82) is 0 Å². The molecule has 0 spiro atoms. The molecule has 1 aliphatic rings. The molecule has 1 aromatic heterocycles. The van der Waals surface area contributed by atoms with E-state index in [2.05, 4.69) is 5.32 Å². The van der Waals surface area contributed by atoms with Crippen LogP contribution in [0.1, 0.15) is 46.1 Å². The minimum atomic E-state index is -0.992. The van der Waals surface area contributed by atoms with Crippen molar-refractivity contribution in [2.24, 2.45) is 11.8 Å². The fraction of sp³-hybridized carbons (Fsp3) is 0.375. The van der Waals surface area contributed by atoms with Crippen LogP contribution in [0.2, 0.25) is 0 Å². The summed E-state index contributed by atoms with van der Waals surface area (Å²) in [5, 5.41) is 12.8. The van der Waals surface area contributed by atoms with Gasteiger partial charge in [0.1, 0.15) is 10.6 Å². The molecular weight excluding hydrogens is 414 g/mol. The van der Waals surface area contributed by atoms with E-state index in [0.29, 0.717) is 23.4 Å². The molecular formula is C24H27NO5S. The Bertz CT molecular complexity index is 1050. The number of carboxylic acid groups (broad SMARTS) is 1. The molecule has 0 saturated heterocycles. The maximum absolute atomic E-state index is 13.0. The first-order valence-corrected chi connectivity index (χ1v) is 11.1. The summed E-state index contributed by atoms with van der Waals surface area (Å²) in [6.07, 6.45) is 4.29. The number of nitrogens with one attached hydrogen (secondary N) is 1. The number of carbonyl (C=O) groups is 3. The van der Waals surface area contributed by atoms with Crippen LogP contribution >= 0.6 is 11.3 Å². The molecule has 0 radical (unpaired) electrons. The van der Waals surface area contributed by atoms with Crippen molar-refractivity contribution in [3.63, 3.8) is 0 Å². The first-order chi connectivity index (χ1) is 14.7. The Morgan fingerprint density at radius 1 is 1.13 bits per heavy atom. The zero-order valence-electron chi connectivity index (χ0n) is 18.2. The van der Waals surface area contributed by atoms with E-state index < -0.39 is 29.7 Å². The second kappa shape index (κ2) is 9.47. The summed E-state index contributed by atoms with van der Waals surface area (Å²) in [7, 11) is 0. The summed E-state index contributed by atoms with van der Waals surface area (Å²) >= 11 is 1.31. The summed E-state index contributed by atoms with van der Waals surface area (Å²) in [6.45, 7) is 7.81. The molecule has 0 aliphatic heterocycles. The Hall–Kier alpha value is -2.93. The molecule has 31 heavy (non-hydrogen) atoms. The number of anilines is 1. The summed E-state index contributed by atoms with van der Waals surface area (Å²) < 4.78 is 5.31. The van der Waals surface area contributed by atoms with Gasteiger partial charge in [-0.3, -0.25) is 9.59 Å². The standard InChI is InChI=1S/C24H27NO5S/c1-5-30-24(29)20-19(18-12-13(2)10-11-14(18)3)15(4)31-22(20)25-21(26)16-8-6-7-9-17(16)23(27)28/h6-7,10-12,16-17H,5,8-9H2,1-4H3,(H,25,26)(H,27,28). The molecule has 2 unspecified atom stereocenters. The van der Waals surface area contributed by atoms with Gasteiger partial charge in [0.25, 0.3) is 0 Å². The molecule has 2 aromatic rings. The number of amides is 1. The smallest absolute Gasteiger partial charge is 0.341 e. The van der Waals surface area contributed by atoms with Crippen LogP contribution in [0, 0.1) is 32.6 Å². The largest absolute Gasteiger partial charge is 0.481 e. The van der Waals surface area contributed by atoms with Crippen LogP contribution < -0.4 is 5.32 Å². The third kappa shape index (κ3) is 4.71. The van der Waals surface area contributed by atoms with Crippen LogP contribution in [0.25, 0.3) is 11.1 Å². The maximum atomic E-state index is 13.0. The molecule has 2 atom stereocenters. The molecule has 1 aromatic carbocycles. The monoisotopic (exact) mass is 441 g/mol. The normalized spacial score (nSPS) is 17.9. The summed E-state index contributed by atoms with van der Waals surface area (Å²) in [5.74, 6) is -3.36. The Labute approximate surface area is 185 Å². The minimum Gasteiger partial charge on any atom is -0.481 e. The molecule has 1 amide bonds. The second-order valence-corrected chi connectivity index (χ2v) is 8.98. The van der Waals surface area contributed by atoms with Gasteiger partial charge in [-0.05, 0) is 51.7 Å². The Kier molecular flexibility index (Phi) is 6.95. The van der Waals surface area contributed by atoms with Gasteiger partial charge in [-0.2, -0.15) is 0 Å². The van der Waals surface area contributed by atoms with E-state index >= 15 is 0 Å². The van der Waals surface area contributed by atoms with Gasteiger partial charge >= 0.3 is 11.9 Å². The highest BCUT2D eigenvalue weighted by molar-refractivity contribution is 7.17. The van der Waals surface area contributed by atoms with Crippen molar-refractivity contribution < 1.29 is 24.2 Å².